The monoisotopic (exact) mass is 329 g/mol. The zero-order chi connectivity index (χ0) is 17.7. The molecule has 1 aromatic heterocycles. The Bertz CT molecular complexity index is 716. The molecule has 0 aliphatic carbocycles. The zero-order valence-electron chi connectivity index (χ0n) is 14.5. The summed E-state index contributed by atoms with van der Waals surface area (Å²) in [6, 6.07) is 9.42. The van der Waals surface area contributed by atoms with E-state index in [4.69, 9.17) is 9.47 Å². The van der Waals surface area contributed by atoms with Crippen LogP contribution in [0.4, 0.5) is 0 Å². The molecule has 1 N–H and O–H groups in total. The first kappa shape index (κ1) is 17.8. The van der Waals surface area contributed by atoms with Crippen LogP contribution in [0.2, 0.25) is 0 Å². The smallest absolute Gasteiger partial charge is 0.341 e. The quantitative estimate of drug-likeness (QED) is 0.808. The van der Waals surface area contributed by atoms with Gasteiger partial charge in [0.25, 0.3) is 0 Å². The van der Waals surface area contributed by atoms with Crippen LogP contribution in [0.25, 0.3) is 11.3 Å². The first-order valence-electron chi connectivity index (χ1n) is 8.16. The number of carbonyl (C=O) groups excluding carboxylic acids is 2. The number of hydrogen-bond donors (Lipinski definition) is 1. The molecule has 0 aliphatic rings. The van der Waals surface area contributed by atoms with E-state index < -0.39 is 11.9 Å². The van der Waals surface area contributed by atoms with Crippen molar-refractivity contribution in [3.63, 3.8) is 0 Å². The minimum Gasteiger partial charge on any atom is -0.462 e. The highest BCUT2D eigenvalue weighted by atomic mass is 16.5. The van der Waals surface area contributed by atoms with Crippen molar-refractivity contribution in [2.75, 3.05) is 13.2 Å². The number of benzene rings is 1. The van der Waals surface area contributed by atoms with Gasteiger partial charge in [0.05, 0.1) is 30.0 Å². The molecule has 0 bridgehead atoms. The normalized spacial score (nSPS) is 10.7. The lowest BCUT2D eigenvalue weighted by Gasteiger charge is -2.09. The summed E-state index contributed by atoms with van der Waals surface area (Å²) in [6.07, 6.45) is 0. The maximum atomic E-state index is 12.6. The molecule has 1 aromatic carbocycles. The molecule has 0 aliphatic heterocycles. The Morgan fingerprint density at radius 1 is 0.958 bits per heavy atom. The van der Waals surface area contributed by atoms with Gasteiger partial charge in [-0.2, -0.15) is 0 Å². The molecule has 0 unspecified atom stereocenters. The molecule has 0 spiro atoms. The summed E-state index contributed by atoms with van der Waals surface area (Å²) >= 11 is 0. The Labute approximate surface area is 142 Å². The number of carbonyl (C=O) groups is 2. The second-order valence-corrected chi connectivity index (χ2v) is 5.63. The van der Waals surface area contributed by atoms with Crippen LogP contribution in [0.15, 0.2) is 30.3 Å². The third kappa shape index (κ3) is 3.50. The summed E-state index contributed by atoms with van der Waals surface area (Å²) < 4.78 is 10.4. The van der Waals surface area contributed by atoms with Crippen LogP contribution in [0.5, 0.6) is 0 Å². The molecule has 1 heterocycles. The van der Waals surface area contributed by atoms with E-state index in [2.05, 4.69) is 4.98 Å². The molecule has 2 rings (SSSR count). The lowest BCUT2D eigenvalue weighted by Crippen LogP contribution is -2.14. The molecule has 128 valence electrons. The predicted molar refractivity (Wildman–Crippen MR) is 92.2 cm³/mol. The van der Waals surface area contributed by atoms with E-state index >= 15 is 0 Å². The first-order valence-corrected chi connectivity index (χ1v) is 8.16. The molecule has 0 radical (unpaired) electrons. The number of aromatic amines is 1. The molecule has 5 nitrogen and oxygen atoms in total. The molecule has 24 heavy (non-hydrogen) atoms. The lowest BCUT2D eigenvalue weighted by atomic mass is 10.0. The third-order valence-corrected chi connectivity index (χ3v) is 3.63. The fourth-order valence-electron chi connectivity index (χ4n) is 2.60. The van der Waals surface area contributed by atoms with Gasteiger partial charge in [0, 0.05) is 5.69 Å². The van der Waals surface area contributed by atoms with Crippen LogP contribution in [0.1, 0.15) is 60.0 Å². The van der Waals surface area contributed by atoms with Crippen molar-refractivity contribution in [1.82, 2.24) is 4.98 Å². The summed E-state index contributed by atoms with van der Waals surface area (Å²) in [5, 5.41) is 0. The van der Waals surface area contributed by atoms with Gasteiger partial charge in [0.2, 0.25) is 0 Å². The number of aromatic nitrogens is 1. The number of rotatable bonds is 6. The van der Waals surface area contributed by atoms with Gasteiger partial charge >= 0.3 is 11.9 Å². The average Bonchev–Trinajstić information content (AvgIpc) is 2.97. The Kier molecular flexibility index (Phi) is 5.79. The third-order valence-electron chi connectivity index (χ3n) is 3.63. The first-order chi connectivity index (χ1) is 11.5. The Morgan fingerprint density at radius 3 is 2.00 bits per heavy atom. The summed E-state index contributed by atoms with van der Waals surface area (Å²) in [6.45, 7) is 7.86. The van der Waals surface area contributed by atoms with E-state index in [1.807, 2.05) is 44.2 Å². The Morgan fingerprint density at radius 2 is 1.50 bits per heavy atom. The summed E-state index contributed by atoms with van der Waals surface area (Å²) in [5.41, 5.74) is 2.59. The number of esters is 2. The van der Waals surface area contributed by atoms with Crippen LogP contribution in [-0.4, -0.2) is 30.1 Å². The minimum absolute atomic E-state index is 0.0232. The Balaban J connectivity index is 2.72. The number of ether oxygens (including phenoxy) is 2. The van der Waals surface area contributed by atoms with Gasteiger partial charge in [-0.25, -0.2) is 9.59 Å². The number of nitrogens with one attached hydrogen (secondary N) is 1. The van der Waals surface area contributed by atoms with Gasteiger partial charge in [0.15, 0.2) is 0 Å². The maximum Gasteiger partial charge on any atom is 0.341 e. The van der Waals surface area contributed by atoms with Gasteiger partial charge in [-0.15, -0.1) is 0 Å². The van der Waals surface area contributed by atoms with Crippen molar-refractivity contribution in [2.24, 2.45) is 0 Å². The molecular weight excluding hydrogens is 306 g/mol. The van der Waals surface area contributed by atoms with Crippen molar-refractivity contribution in [1.29, 1.82) is 0 Å². The fourth-order valence-corrected chi connectivity index (χ4v) is 2.60. The zero-order valence-corrected chi connectivity index (χ0v) is 14.5. The van der Waals surface area contributed by atoms with Gasteiger partial charge in [0.1, 0.15) is 0 Å². The molecule has 0 atom stereocenters. The fraction of sp³-hybridized carbons (Fsp3) is 0.368. The molecular formula is C19H23NO4. The minimum atomic E-state index is -0.525. The lowest BCUT2D eigenvalue weighted by molar-refractivity contribution is 0.0479. The van der Waals surface area contributed by atoms with E-state index in [1.165, 1.54) is 0 Å². The summed E-state index contributed by atoms with van der Waals surface area (Å²) in [4.78, 5) is 28.3. The van der Waals surface area contributed by atoms with Gasteiger partial charge < -0.3 is 14.5 Å². The van der Waals surface area contributed by atoms with E-state index in [-0.39, 0.29) is 30.3 Å². The van der Waals surface area contributed by atoms with E-state index in [0.29, 0.717) is 11.4 Å². The second kappa shape index (κ2) is 7.81. The molecule has 0 saturated carbocycles. The highest BCUT2D eigenvalue weighted by Gasteiger charge is 2.31. The van der Waals surface area contributed by atoms with Gasteiger partial charge in [-0.1, -0.05) is 44.2 Å². The second-order valence-electron chi connectivity index (χ2n) is 5.63. The number of H-pyrrole nitrogens is 1. The highest BCUT2D eigenvalue weighted by molar-refractivity contribution is 6.08. The molecule has 0 saturated heterocycles. The highest BCUT2D eigenvalue weighted by Crippen LogP contribution is 2.33. The Hall–Kier alpha value is -2.56. The van der Waals surface area contributed by atoms with Crippen molar-refractivity contribution >= 4 is 11.9 Å². The number of hydrogen-bond acceptors (Lipinski definition) is 4. The largest absolute Gasteiger partial charge is 0.462 e. The van der Waals surface area contributed by atoms with Gasteiger partial charge in [-0.05, 0) is 25.3 Å². The van der Waals surface area contributed by atoms with Gasteiger partial charge in [-0.3, -0.25) is 0 Å². The summed E-state index contributed by atoms with van der Waals surface area (Å²) in [7, 11) is 0. The van der Waals surface area contributed by atoms with Crippen molar-refractivity contribution in [3.05, 3.63) is 47.2 Å². The van der Waals surface area contributed by atoms with E-state index in [0.717, 1.165) is 5.56 Å². The van der Waals surface area contributed by atoms with Crippen LogP contribution >= 0.6 is 0 Å². The van der Waals surface area contributed by atoms with E-state index in [1.54, 1.807) is 13.8 Å². The average molecular weight is 329 g/mol. The van der Waals surface area contributed by atoms with Crippen molar-refractivity contribution in [3.8, 4) is 11.3 Å². The van der Waals surface area contributed by atoms with Crippen LogP contribution in [0, 0.1) is 0 Å². The molecule has 2 aromatic rings. The maximum absolute atomic E-state index is 12.6. The van der Waals surface area contributed by atoms with Crippen LogP contribution in [-0.2, 0) is 9.47 Å². The SMILES string of the molecule is CCOC(=O)c1c(-c2ccccc2)[nH]c(C(C)C)c1C(=O)OCC. The van der Waals surface area contributed by atoms with Crippen LogP contribution in [0.3, 0.4) is 0 Å². The predicted octanol–water partition coefficient (Wildman–Crippen LogP) is 4.16. The van der Waals surface area contributed by atoms with Crippen LogP contribution < -0.4 is 0 Å². The molecule has 0 amide bonds. The topological polar surface area (TPSA) is 68.4 Å². The molecule has 5 heteroatoms. The summed E-state index contributed by atoms with van der Waals surface area (Å²) in [5.74, 6) is -1.01. The molecule has 0 fully saturated rings. The van der Waals surface area contributed by atoms with E-state index in [9.17, 15) is 9.59 Å². The standard InChI is InChI=1S/C19H23NO4/c1-5-23-18(21)14-15(19(22)24-6-2)17(20-16(14)12(3)4)13-10-8-7-9-11-13/h7-12,20H,5-6H2,1-4H3. The van der Waals surface area contributed by atoms with Crippen molar-refractivity contribution < 1.29 is 19.1 Å². The van der Waals surface area contributed by atoms with Crippen molar-refractivity contribution in [2.45, 2.75) is 33.6 Å².